The highest BCUT2D eigenvalue weighted by atomic mass is 19.1. The van der Waals surface area contributed by atoms with Crippen LogP contribution in [0.15, 0.2) is 49.1 Å². The van der Waals surface area contributed by atoms with Crippen LogP contribution >= 0.6 is 0 Å². The molecule has 0 unspecified atom stereocenters. The highest BCUT2D eigenvalue weighted by Crippen LogP contribution is 2.30. The number of rotatable bonds is 4. The van der Waals surface area contributed by atoms with E-state index in [2.05, 4.69) is 11.6 Å². The Morgan fingerprint density at radius 1 is 1.19 bits per heavy atom. The monoisotopic (exact) mass is 422 g/mol. The molecule has 0 atom stereocenters. The van der Waals surface area contributed by atoms with Crippen molar-refractivity contribution in [1.29, 1.82) is 0 Å². The molecule has 2 aromatic carbocycles. The molecule has 0 saturated carbocycles. The van der Waals surface area contributed by atoms with Gasteiger partial charge >= 0.3 is 5.97 Å². The number of aryl methyl sites for hydroxylation is 1. The molecule has 4 rings (SSSR count). The van der Waals surface area contributed by atoms with E-state index < -0.39 is 23.5 Å². The minimum absolute atomic E-state index is 0.0501. The summed E-state index contributed by atoms with van der Waals surface area (Å²) in [5.74, 6) is -2.69. The van der Waals surface area contributed by atoms with Crippen LogP contribution in [-0.4, -0.2) is 34.9 Å². The Hall–Kier alpha value is -3.61. The molecule has 3 aromatic rings. The second-order valence-electron chi connectivity index (χ2n) is 7.45. The number of carbonyl (C=O) groups excluding carboxylic acids is 2. The molecule has 7 heteroatoms. The normalized spacial score (nSPS) is 13.1. The van der Waals surface area contributed by atoms with Crippen molar-refractivity contribution >= 4 is 22.8 Å². The largest absolute Gasteiger partial charge is 0.458 e. The fourth-order valence-corrected chi connectivity index (χ4v) is 3.83. The Bertz CT molecular complexity index is 1200. The molecule has 1 aliphatic rings. The van der Waals surface area contributed by atoms with E-state index in [1.165, 1.54) is 11.0 Å². The zero-order chi connectivity index (χ0) is 22.1. The van der Waals surface area contributed by atoms with Crippen molar-refractivity contribution in [3.05, 3.63) is 88.6 Å². The summed E-state index contributed by atoms with van der Waals surface area (Å²) in [7, 11) is 0. The molecule has 1 amide bonds. The van der Waals surface area contributed by atoms with Gasteiger partial charge in [-0.05, 0) is 31.2 Å². The lowest BCUT2D eigenvalue weighted by molar-refractivity contribution is 0.0544. The highest BCUT2D eigenvalue weighted by Gasteiger charge is 2.29. The quantitative estimate of drug-likeness (QED) is 0.463. The van der Waals surface area contributed by atoms with Crippen LogP contribution in [-0.2, 0) is 17.7 Å². The molecule has 31 heavy (non-hydrogen) atoms. The standard InChI is InChI=1S/C24H20F2N2O3/c1-3-8-31-24(30)22-18-9-14(2)4-5-20(18)27-21-6-7-28(13-19(21)22)23(29)15-10-16(25)12-17(26)11-15/h3-5,9-12H,1,6-8,13H2,2H3. The maximum absolute atomic E-state index is 13.6. The summed E-state index contributed by atoms with van der Waals surface area (Å²) in [5, 5.41) is 0.638. The van der Waals surface area contributed by atoms with Crippen molar-refractivity contribution in [2.24, 2.45) is 0 Å². The molecular weight excluding hydrogens is 402 g/mol. The number of pyridine rings is 1. The maximum Gasteiger partial charge on any atom is 0.339 e. The number of benzene rings is 2. The number of nitrogens with zero attached hydrogens (tertiary/aromatic N) is 2. The number of amides is 1. The van der Waals surface area contributed by atoms with Gasteiger partial charge in [0.05, 0.1) is 11.1 Å². The Morgan fingerprint density at radius 3 is 2.65 bits per heavy atom. The number of halogens is 2. The van der Waals surface area contributed by atoms with Crippen molar-refractivity contribution in [2.45, 2.75) is 19.9 Å². The fourth-order valence-electron chi connectivity index (χ4n) is 3.83. The minimum atomic E-state index is -0.822. The molecule has 0 spiro atoms. The predicted octanol–water partition coefficient (Wildman–Crippen LogP) is 4.36. The number of carbonyl (C=O) groups is 2. The summed E-state index contributed by atoms with van der Waals surface area (Å²) in [4.78, 5) is 32.0. The van der Waals surface area contributed by atoms with E-state index in [9.17, 15) is 18.4 Å². The van der Waals surface area contributed by atoms with Crippen LogP contribution in [0, 0.1) is 18.6 Å². The van der Waals surface area contributed by atoms with E-state index in [1.807, 2.05) is 25.1 Å². The SMILES string of the molecule is C=CCOC(=O)c1c2c(nc3ccc(C)cc13)CCN(C(=O)c1cc(F)cc(F)c1)C2. The van der Waals surface area contributed by atoms with Crippen LogP contribution in [0.4, 0.5) is 8.78 Å². The summed E-state index contributed by atoms with van der Waals surface area (Å²) >= 11 is 0. The van der Waals surface area contributed by atoms with Crippen molar-refractivity contribution in [3.63, 3.8) is 0 Å². The molecule has 0 aliphatic carbocycles. The van der Waals surface area contributed by atoms with Crippen LogP contribution in [0.3, 0.4) is 0 Å². The first-order chi connectivity index (χ1) is 14.9. The summed E-state index contributed by atoms with van der Waals surface area (Å²) in [6.07, 6.45) is 1.89. The van der Waals surface area contributed by atoms with Crippen LogP contribution in [0.2, 0.25) is 0 Å². The number of hydrogen-bond acceptors (Lipinski definition) is 4. The number of fused-ring (bicyclic) bond motifs is 2. The van der Waals surface area contributed by atoms with Crippen molar-refractivity contribution < 1.29 is 23.1 Å². The first-order valence-corrected chi connectivity index (χ1v) is 9.83. The van der Waals surface area contributed by atoms with Gasteiger partial charge in [0.25, 0.3) is 5.91 Å². The molecule has 0 fully saturated rings. The molecule has 1 aliphatic heterocycles. The van der Waals surface area contributed by atoms with E-state index >= 15 is 0 Å². The molecule has 0 saturated heterocycles. The number of aromatic nitrogens is 1. The molecule has 2 heterocycles. The third kappa shape index (κ3) is 4.03. The van der Waals surface area contributed by atoms with Gasteiger partial charge in [0, 0.05) is 47.8 Å². The molecule has 0 radical (unpaired) electrons. The zero-order valence-electron chi connectivity index (χ0n) is 17.0. The second-order valence-corrected chi connectivity index (χ2v) is 7.45. The maximum atomic E-state index is 13.6. The van der Waals surface area contributed by atoms with Gasteiger partial charge in [-0.25, -0.2) is 13.6 Å². The topological polar surface area (TPSA) is 59.5 Å². The third-order valence-electron chi connectivity index (χ3n) is 5.23. The molecule has 158 valence electrons. The average Bonchev–Trinajstić information content (AvgIpc) is 2.74. The third-order valence-corrected chi connectivity index (χ3v) is 5.23. The van der Waals surface area contributed by atoms with E-state index in [0.29, 0.717) is 46.8 Å². The minimum Gasteiger partial charge on any atom is -0.458 e. The van der Waals surface area contributed by atoms with Gasteiger partial charge in [0.2, 0.25) is 0 Å². The molecular formula is C24H20F2N2O3. The number of hydrogen-bond donors (Lipinski definition) is 0. The average molecular weight is 422 g/mol. The van der Waals surface area contributed by atoms with Crippen molar-refractivity contribution in [2.75, 3.05) is 13.2 Å². The lowest BCUT2D eigenvalue weighted by Gasteiger charge is -2.30. The zero-order valence-corrected chi connectivity index (χ0v) is 17.0. The Morgan fingerprint density at radius 2 is 1.94 bits per heavy atom. The smallest absolute Gasteiger partial charge is 0.339 e. The van der Waals surface area contributed by atoms with Crippen LogP contribution in [0.25, 0.3) is 10.9 Å². The second kappa shape index (κ2) is 8.26. The van der Waals surface area contributed by atoms with Crippen molar-refractivity contribution in [1.82, 2.24) is 9.88 Å². The first kappa shape index (κ1) is 20.7. The summed E-state index contributed by atoms with van der Waals surface area (Å²) in [6.45, 7) is 5.93. The van der Waals surface area contributed by atoms with E-state index in [1.54, 1.807) is 0 Å². The fraction of sp³-hybridized carbons (Fsp3) is 0.208. The molecule has 1 aromatic heterocycles. The van der Waals surface area contributed by atoms with E-state index in [4.69, 9.17) is 4.74 Å². The Kier molecular flexibility index (Phi) is 5.50. The van der Waals surface area contributed by atoms with Gasteiger partial charge < -0.3 is 9.64 Å². The molecule has 5 nitrogen and oxygen atoms in total. The summed E-state index contributed by atoms with van der Waals surface area (Å²) < 4.78 is 32.5. The van der Waals surface area contributed by atoms with Crippen LogP contribution < -0.4 is 0 Å². The Labute approximate surface area is 178 Å². The van der Waals surface area contributed by atoms with Gasteiger partial charge in [0.1, 0.15) is 18.2 Å². The predicted molar refractivity (Wildman–Crippen MR) is 112 cm³/mol. The summed E-state index contributed by atoms with van der Waals surface area (Å²) in [6, 6.07) is 8.34. The van der Waals surface area contributed by atoms with Gasteiger partial charge in [-0.3, -0.25) is 9.78 Å². The lowest BCUT2D eigenvalue weighted by atomic mass is 9.94. The molecule has 0 bridgehead atoms. The van der Waals surface area contributed by atoms with Crippen LogP contribution in [0.5, 0.6) is 0 Å². The van der Waals surface area contributed by atoms with E-state index in [-0.39, 0.29) is 18.7 Å². The van der Waals surface area contributed by atoms with Gasteiger partial charge in [0.15, 0.2) is 0 Å². The molecule has 0 N–H and O–H groups in total. The number of esters is 1. The highest BCUT2D eigenvalue weighted by molar-refractivity contribution is 6.05. The van der Waals surface area contributed by atoms with Gasteiger partial charge in [-0.2, -0.15) is 0 Å². The summed E-state index contributed by atoms with van der Waals surface area (Å²) in [5.41, 5.74) is 3.18. The lowest BCUT2D eigenvalue weighted by Crippen LogP contribution is -2.37. The Balaban J connectivity index is 1.79. The van der Waals surface area contributed by atoms with E-state index in [0.717, 1.165) is 17.7 Å². The van der Waals surface area contributed by atoms with Crippen LogP contribution in [0.1, 0.15) is 37.5 Å². The first-order valence-electron chi connectivity index (χ1n) is 9.83. The van der Waals surface area contributed by atoms with Gasteiger partial charge in [-0.15, -0.1) is 0 Å². The van der Waals surface area contributed by atoms with Gasteiger partial charge in [-0.1, -0.05) is 24.3 Å². The van der Waals surface area contributed by atoms with Crippen molar-refractivity contribution in [3.8, 4) is 0 Å². The number of ether oxygens (including phenoxy) is 1.